The molecule has 184 valence electrons. The van der Waals surface area contributed by atoms with Crippen molar-refractivity contribution < 1.29 is 27.4 Å². The Morgan fingerprint density at radius 1 is 1.06 bits per heavy atom. The van der Waals surface area contributed by atoms with Gasteiger partial charge in [-0.3, -0.25) is 4.40 Å². The second-order valence-electron chi connectivity index (χ2n) is 7.89. The first kappa shape index (κ1) is 23.3. The minimum atomic E-state index is -3.50. The highest BCUT2D eigenvalue weighted by molar-refractivity contribution is 7.91. The number of phenolic OH excluding ortho intramolecular Hbond substituents is 2. The van der Waals surface area contributed by atoms with Crippen LogP contribution in [-0.4, -0.2) is 50.3 Å². The van der Waals surface area contributed by atoms with E-state index in [1.807, 2.05) is 0 Å². The Morgan fingerprint density at radius 3 is 2.64 bits per heavy atom. The number of nitrogens with zero attached hydrogens (tertiary/aromatic N) is 4. The van der Waals surface area contributed by atoms with Crippen molar-refractivity contribution >= 4 is 21.6 Å². The molecular weight excluding hydrogens is 489 g/mol. The van der Waals surface area contributed by atoms with Crippen LogP contribution in [0.5, 0.6) is 11.5 Å². The summed E-state index contributed by atoms with van der Waals surface area (Å²) in [6.45, 7) is 0.299. The lowest BCUT2D eigenvalue weighted by Crippen LogP contribution is -2.13. The maximum atomic E-state index is 13.6. The monoisotopic (exact) mass is 509 g/mol. The van der Waals surface area contributed by atoms with E-state index in [1.54, 1.807) is 22.9 Å². The highest BCUT2D eigenvalue weighted by atomic mass is 32.2. The third-order valence-corrected chi connectivity index (χ3v) is 7.27. The van der Waals surface area contributed by atoms with E-state index in [0.29, 0.717) is 35.6 Å². The molecule has 0 atom stereocenters. The average molecular weight is 510 g/mol. The van der Waals surface area contributed by atoms with Crippen LogP contribution in [0.2, 0.25) is 0 Å². The maximum Gasteiger partial charge on any atom is 0.306 e. The normalized spacial score (nSPS) is 11.7. The van der Waals surface area contributed by atoms with Gasteiger partial charge in [0.05, 0.1) is 16.3 Å². The second kappa shape index (κ2) is 9.30. The van der Waals surface area contributed by atoms with Crippen molar-refractivity contribution in [3.63, 3.8) is 0 Å². The minimum absolute atomic E-state index is 0.00193. The summed E-state index contributed by atoms with van der Waals surface area (Å²) in [6.07, 6.45) is 4.97. The molecule has 2 aromatic carbocycles. The molecule has 0 spiro atoms. The first-order valence-electron chi connectivity index (χ1n) is 10.9. The first-order valence-corrected chi connectivity index (χ1v) is 12.5. The van der Waals surface area contributed by atoms with Gasteiger partial charge in [-0.2, -0.15) is 4.98 Å². The molecule has 0 bridgehead atoms. The number of aromatic hydroxyl groups is 2. The summed E-state index contributed by atoms with van der Waals surface area (Å²) in [5, 5.41) is 22.2. The number of benzene rings is 2. The smallest absolute Gasteiger partial charge is 0.306 e. The van der Waals surface area contributed by atoms with Crippen molar-refractivity contribution in [3.8, 4) is 34.1 Å². The Labute approximate surface area is 204 Å². The molecule has 10 nitrogen and oxygen atoms in total. The van der Waals surface area contributed by atoms with Gasteiger partial charge in [-0.05, 0) is 55.0 Å². The number of halogens is 1. The van der Waals surface area contributed by atoms with Gasteiger partial charge in [0.25, 0.3) is 0 Å². The zero-order valence-corrected chi connectivity index (χ0v) is 19.5. The van der Waals surface area contributed by atoms with Gasteiger partial charge in [0.1, 0.15) is 23.4 Å². The number of fused-ring (bicyclic) bond motifs is 1. The van der Waals surface area contributed by atoms with E-state index >= 15 is 0 Å². The molecule has 3 aromatic heterocycles. The van der Waals surface area contributed by atoms with Crippen LogP contribution >= 0.6 is 0 Å². The Morgan fingerprint density at radius 2 is 1.86 bits per heavy atom. The fourth-order valence-corrected chi connectivity index (χ4v) is 5.01. The van der Waals surface area contributed by atoms with Crippen LogP contribution < -0.4 is 5.32 Å². The molecule has 5 aromatic rings. The maximum absolute atomic E-state index is 13.6. The summed E-state index contributed by atoms with van der Waals surface area (Å²) in [4.78, 5) is 13.3. The van der Waals surface area contributed by atoms with Crippen LogP contribution in [0.1, 0.15) is 6.42 Å². The van der Waals surface area contributed by atoms with Crippen molar-refractivity contribution in [1.82, 2.24) is 19.4 Å². The van der Waals surface area contributed by atoms with E-state index in [1.165, 1.54) is 42.7 Å². The summed E-state index contributed by atoms with van der Waals surface area (Å²) in [5.41, 5.74) is 1.92. The molecule has 0 unspecified atom stereocenters. The van der Waals surface area contributed by atoms with Crippen molar-refractivity contribution in [1.29, 1.82) is 0 Å². The molecule has 0 saturated heterocycles. The topological polar surface area (TPSA) is 143 Å². The summed E-state index contributed by atoms with van der Waals surface area (Å²) in [6, 6.07) is 11.0. The van der Waals surface area contributed by atoms with Crippen LogP contribution in [0.4, 0.5) is 10.3 Å². The number of imidazole rings is 1. The molecule has 12 heteroatoms. The van der Waals surface area contributed by atoms with Gasteiger partial charge in [0, 0.05) is 24.5 Å². The number of sulfone groups is 1. The fraction of sp³-hybridized carbons (Fsp3) is 0.125. The Hall–Kier alpha value is -4.45. The lowest BCUT2D eigenvalue weighted by Gasteiger charge is -2.09. The number of rotatable bonds is 8. The number of phenols is 2. The third-order valence-electron chi connectivity index (χ3n) is 5.45. The van der Waals surface area contributed by atoms with E-state index in [9.17, 15) is 23.0 Å². The summed E-state index contributed by atoms with van der Waals surface area (Å²) in [7, 11) is -3.50. The highest BCUT2D eigenvalue weighted by Crippen LogP contribution is 2.34. The van der Waals surface area contributed by atoms with Gasteiger partial charge < -0.3 is 19.9 Å². The number of nitrogens with one attached hydrogen (secondary N) is 1. The van der Waals surface area contributed by atoms with Crippen molar-refractivity contribution in [2.75, 3.05) is 17.6 Å². The average Bonchev–Trinajstić information content (AvgIpc) is 3.46. The molecule has 0 aliphatic rings. The number of anilines is 1. The minimum Gasteiger partial charge on any atom is -0.508 e. The van der Waals surface area contributed by atoms with Gasteiger partial charge in [-0.15, -0.1) is 0 Å². The zero-order chi connectivity index (χ0) is 25.3. The first-order chi connectivity index (χ1) is 17.3. The van der Waals surface area contributed by atoms with Crippen LogP contribution in [0.15, 0.2) is 76.5 Å². The SMILES string of the molecule is O=S(=O)(CCCNc1nccc(-c2c(-c3ccc(F)c(O)c3)nc3occn23)n1)c1ccc(O)cc1. The van der Waals surface area contributed by atoms with E-state index in [0.717, 1.165) is 6.07 Å². The predicted molar refractivity (Wildman–Crippen MR) is 129 cm³/mol. The lowest BCUT2D eigenvalue weighted by molar-refractivity contribution is 0.432. The molecule has 0 saturated carbocycles. The van der Waals surface area contributed by atoms with E-state index in [4.69, 9.17) is 4.42 Å². The number of hydrogen-bond acceptors (Lipinski definition) is 9. The quantitative estimate of drug-likeness (QED) is 0.266. The van der Waals surface area contributed by atoms with Crippen molar-refractivity contribution in [2.45, 2.75) is 11.3 Å². The molecule has 3 N–H and O–H groups in total. The Balaban J connectivity index is 1.35. The van der Waals surface area contributed by atoms with Gasteiger partial charge in [-0.25, -0.2) is 22.8 Å². The van der Waals surface area contributed by atoms with E-state index < -0.39 is 21.4 Å². The molecule has 0 aliphatic carbocycles. The zero-order valence-electron chi connectivity index (χ0n) is 18.7. The second-order valence-corrected chi connectivity index (χ2v) is 10.00. The van der Waals surface area contributed by atoms with E-state index in [-0.39, 0.29) is 28.2 Å². The number of aromatic nitrogens is 4. The third kappa shape index (κ3) is 4.58. The molecule has 0 radical (unpaired) electrons. The molecule has 0 fully saturated rings. The molecule has 36 heavy (non-hydrogen) atoms. The summed E-state index contributed by atoms with van der Waals surface area (Å²) in [5.74, 6) is -0.782. The Bertz CT molecular complexity index is 1650. The standard InChI is InChI=1S/C24H20FN5O5S/c25-18-7-2-15(14-20(18)32)21-22(30-11-12-35-24(30)29-21)19-8-10-27-23(28-19)26-9-1-13-36(33,34)17-5-3-16(31)4-6-17/h2-8,10-12,14,31-32H,1,9,13H2,(H,26,27,28). The van der Waals surface area contributed by atoms with Crippen LogP contribution in [-0.2, 0) is 9.84 Å². The molecule has 5 rings (SSSR count). The molecule has 3 heterocycles. The molecule has 0 amide bonds. The van der Waals surface area contributed by atoms with Crippen LogP contribution in [0.3, 0.4) is 0 Å². The Kier molecular flexibility index (Phi) is 6.02. The number of hydrogen-bond donors (Lipinski definition) is 3. The lowest BCUT2D eigenvalue weighted by atomic mass is 10.1. The van der Waals surface area contributed by atoms with Gasteiger partial charge in [0.15, 0.2) is 21.4 Å². The molecule has 0 aliphatic heterocycles. The van der Waals surface area contributed by atoms with Gasteiger partial charge in [0.2, 0.25) is 5.95 Å². The fourth-order valence-electron chi connectivity index (χ4n) is 3.70. The van der Waals surface area contributed by atoms with Crippen LogP contribution in [0, 0.1) is 5.82 Å². The molecular formula is C24H20FN5O5S. The van der Waals surface area contributed by atoms with Crippen molar-refractivity contribution in [2.24, 2.45) is 0 Å². The largest absolute Gasteiger partial charge is 0.508 e. The predicted octanol–water partition coefficient (Wildman–Crippen LogP) is 3.88. The summed E-state index contributed by atoms with van der Waals surface area (Å²) >= 11 is 0. The van der Waals surface area contributed by atoms with E-state index in [2.05, 4.69) is 20.3 Å². The number of oxazole rings is 1. The van der Waals surface area contributed by atoms with Gasteiger partial charge >= 0.3 is 5.84 Å². The van der Waals surface area contributed by atoms with Crippen molar-refractivity contribution in [3.05, 3.63) is 73.0 Å². The summed E-state index contributed by atoms with van der Waals surface area (Å²) < 4.78 is 45.6. The van der Waals surface area contributed by atoms with Gasteiger partial charge in [-0.1, -0.05) is 0 Å². The highest BCUT2D eigenvalue weighted by Gasteiger charge is 2.20. The van der Waals surface area contributed by atoms with Crippen LogP contribution in [0.25, 0.3) is 28.5 Å².